The van der Waals surface area contributed by atoms with Crippen LogP contribution in [0.15, 0.2) is 71.4 Å². The van der Waals surface area contributed by atoms with Crippen LogP contribution in [-0.2, 0) is 11.2 Å². The number of aliphatic imine (C=N–C) groups is 2. The van der Waals surface area contributed by atoms with Crippen molar-refractivity contribution in [2.24, 2.45) is 9.98 Å². The molecule has 35 heavy (non-hydrogen) atoms. The largest absolute Gasteiger partial charge is 0.438 e. The molecule has 0 amide bonds. The summed E-state index contributed by atoms with van der Waals surface area (Å²) in [6.45, 7) is 12.9. The molecule has 0 aliphatic heterocycles. The van der Waals surface area contributed by atoms with Crippen molar-refractivity contribution in [1.29, 1.82) is 0 Å². The first-order chi connectivity index (χ1) is 16.7. The SMILES string of the molecule is C/C=C(\C)c1ccc2c(N)ncnc2c1.C=C(OC(=NC)C(F)F)c1ccc(CC)cc1.C=NC. The number of anilines is 1. The molecule has 0 saturated carbocycles. The number of benzene rings is 2. The molecule has 2 N–H and O–H groups in total. The van der Waals surface area contributed by atoms with E-state index in [9.17, 15) is 8.78 Å². The normalized spacial score (nSPS) is 11.2. The van der Waals surface area contributed by atoms with E-state index in [1.54, 1.807) is 19.2 Å². The van der Waals surface area contributed by atoms with E-state index in [4.69, 9.17) is 10.5 Å². The van der Waals surface area contributed by atoms with Gasteiger partial charge < -0.3 is 15.5 Å². The van der Waals surface area contributed by atoms with Gasteiger partial charge in [-0.1, -0.05) is 49.9 Å². The van der Waals surface area contributed by atoms with Gasteiger partial charge in [0.2, 0.25) is 0 Å². The van der Waals surface area contributed by atoms with Crippen LogP contribution in [0.5, 0.6) is 0 Å². The Balaban J connectivity index is 0.000000316. The van der Waals surface area contributed by atoms with Crippen LogP contribution < -0.4 is 5.73 Å². The van der Waals surface area contributed by atoms with E-state index in [-0.39, 0.29) is 5.76 Å². The lowest BCUT2D eigenvalue weighted by atomic mass is 10.1. The third-order valence-electron chi connectivity index (χ3n) is 4.87. The number of ether oxygens (including phenoxy) is 1. The highest BCUT2D eigenvalue weighted by atomic mass is 19.3. The second kappa shape index (κ2) is 15.1. The maximum absolute atomic E-state index is 12.4. The molecule has 0 fully saturated rings. The number of halogens is 2. The van der Waals surface area contributed by atoms with Crippen LogP contribution in [0.4, 0.5) is 14.6 Å². The molecule has 0 aliphatic rings. The third-order valence-corrected chi connectivity index (χ3v) is 4.87. The molecule has 0 aliphatic carbocycles. The van der Waals surface area contributed by atoms with Gasteiger partial charge in [-0.15, -0.1) is 0 Å². The van der Waals surface area contributed by atoms with Crippen LogP contribution in [-0.4, -0.2) is 43.1 Å². The molecule has 8 heteroatoms. The number of alkyl halides is 2. The van der Waals surface area contributed by atoms with E-state index in [2.05, 4.69) is 46.2 Å². The van der Waals surface area contributed by atoms with E-state index in [1.807, 2.05) is 44.2 Å². The molecule has 2 aromatic carbocycles. The Morgan fingerprint density at radius 1 is 1.11 bits per heavy atom. The molecule has 0 unspecified atom stereocenters. The smallest absolute Gasteiger partial charge is 0.312 e. The summed E-state index contributed by atoms with van der Waals surface area (Å²) in [5, 5.41) is 0.908. The van der Waals surface area contributed by atoms with Crippen LogP contribution in [0.3, 0.4) is 0 Å². The van der Waals surface area contributed by atoms with Gasteiger partial charge in [0.25, 0.3) is 5.90 Å². The molecule has 6 nitrogen and oxygen atoms in total. The monoisotopic (exact) mass is 481 g/mol. The average molecular weight is 482 g/mol. The Kier molecular flexibility index (Phi) is 12.5. The minimum atomic E-state index is -2.73. The van der Waals surface area contributed by atoms with Gasteiger partial charge in [-0.05, 0) is 55.8 Å². The number of fused-ring (bicyclic) bond motifs is 1. The van der Waals surface area contributed by atoms with Crippen LogP contribution in [0.1, 0.15) is 37.5 Å². The minimum Gasteiger partial charge on any atom is -0.438 e. The Morgan fingerprint density at radius 3 is 2.23 bits per heavy atom. The van der Waals surface area contributed by atoms with Crippen molar-refractivity contribution in [3.05, 3.63) is 78.1 Å². The topological polar surface area (TPSA) is 85.8 Å². The van der Waals surface area contributed by atoms with E-state index in [0.717, 1.165) is 17.3 Å². The maximum Gasteiger partial charge on any atom is 0.312 e. The van der Waals surface area contributed by atoms with E-state index in [1.165, 1.54) is 30.1 Å². The van der Waals surface area contributed by atoms with E-state index in [0.29, 0.717) is 11.4 Å². The summed E-state index contributed by atoms with van der Waals surface area (Å²) < 4.78 is 29.7. The van der Waals surface area contributed by atoms with Crippen molar-refractivity contribution in [1.82, 2.24) is 9.97 Å². The van der Waals surface area contributed by atoms with E-state index < -0.39 is 12.3 Å². The molecule has 1 aromatic heterocycles. The zero-order chi connectivity index (χ0) is 26.4. The predicted molar refractivity (Wildman–Crippen MR) is 144 cm³/mol. The van der Waals surface area contributed by atoms with E-state index >= 15 is 0 Å². The highest BCUT2D eigenvalue weighted by molar-refractivity contribution is 5.90. The van der Waals surface area contributed by atoms with Crippen molar-refractivity contribution < 1.29 is 13.5 Å². The summed E-state index contributed by atoms with van der Waals surface area (Å²) in [6, 6.07) is 13.4. The summed E-state index contributed by atoms with van der Waals surface area (Å²) in [5.74, 6) is 0.0906. The summed E-state index contributed by atoms with van der Waals surface area (Å²) in [4.78, 5) is 14.8. The number of aromatic nitrogens is 2. The van der Waals surface area contributed by atoms with Gasteiger partial charge >= 0.3 is 6.43 Å². The van der Waals surface area contributed by atoms with Crippen molar-refractivity contribution >= 4 is 40.7 Å². The Labute approximate surface area is 206 Å². The van der Waals surface area contributed by atoms with Gasteiger partial charge in [-0.3, -0.25) is 4.99 Å². The first-order valence-corrected chi connectivity index (χ1v) is 10.9. The predicted octanol–water partition coefficient (Wildman–Crippen LogP) is 6.48. The number of hydrogen-bond acceptors (Lipinski definition) is 6. The van der Waals surface area contributed by atoms with Crippen molar-refractivity contribution in [3.8, 4) is 0 Å². The number of nitrogen functional groups attached to an aromatic ring is 1. The van der Waals surface area contributed by atoms with Crippen molar-refractivity contribution in [2.45, 2.75) is 33.6 Å². The lowest BCUT2D eigenvalue weighted by Gasteiger charge is -2.10. The minimum absolute atomic E-state index is 0.175. The lowest BCUT2D eigenvalue weighted by molar-refractivity contribution is 0.196. The molecule has 186 valence electrons. The number of hydrogen-bond donors (Lipinski definition) is 1. The molecule has 0 radical (unpaired) electrons. The van der Waals surface area contributed by atoms with Crippen molar-refractivity contribution in [2.75, 3.05) is 19.8 Å². The zero-order valence-corrected chi connectivity index (χ0v) is 20.9. The maximum atomic E-state index is 12.4. The van der Waals surface area contributed by atoms with Gasteiger partial charge in [0, 0.05) is 25.0 Å². The second-order valence-corrected chi connectivity index (χ2v) is 7.22. The Bertz CT molecular complexity index is 1170. The number of nitrogens with zero attached hydrogens (tertiary/aromatic N) is 4. The van der Waals surface area contributed by atoms with Gasteiger partial charge in [-0.25, -0.2) is 9.97 Å². The molecular formula is C27H33F2N5O. The fraction of sp³-hybridized carbons (Fsp3) is 0.259. The number of rotatable bonds is 5. The number of nitrogens with two attached hydrogens (primary N) is 1. The number of allylic oxidation sites excluding steroid dienone is 2. The zero-order valence-electron chi connectivity index (χ0n) is 20.9. The van der Waals surface area contributed by atoms with Gasteiger partial charge in [0.05, 0.1) is 5.52 Å². The Hall–Kier alpha value is -3.94. The number of aryl methyl sites for hydroxylation is 1. The molecular weight excluding hydrogens is 448 g/mol. The standard InChI is InChI=1S/C13H15F2NO.C12H13N3.C2H5N/c1-4-10-5-7-11(8-6-10)9(2)17-13(16-3)12(14)15;1-3-8(2)9-4-5-10-11(6-9)14-7-15-12(10)13;1-3-2/h5-8,12H,2,4H2,1,3H3;3-7H,1-2H3,(H2,13,14,15);1H2,2H3/b;8-3+;. The van der Waals surface area contributed by atoms with Crippen LogP contribution in [0.2, 0.25) is 0 Å². The van der Waals surface area contributed by atoms with Crippen LogP contribution >= 0.6 is 0 Å². The van der Waals surface area contributed by atoms with Gasteiger partial charge in [0.1, 0.15) is 17.9 Å². The fourth-order valence-corrected chi connectivity index (χ4v) is 2.79. The first kappa shape index (κ1) is 29.1. The highest BCUT2D eigenvalue weighted by Crippen LogP contribution is 2.22. The lowest BCUT2D eigenvalue weighted by Crippen LogP contribution is -2.13. The quantitative estimate of drug-likeness (QED) is 0.257. The molecule has 0 spiro atoms. The fourth-order valence-electron chi connectivity index (χ4n) is 2.79. The second-order valence-electron chi connectivity index (χ2n) is 7.22. The molecule has 1 heterocycles. The summed E-state index contributed by atoms with van der Waals surface area (Å²) in [6.07, 6.45) is 1.76. The molecule has 3 aromatic rings. The molecule has 0 bridgehead atoms. The molecule has 0 saturated heterocycles. The first-order valence-electron chi connectivity index (χ1n) is 10.9. The summed E-state index contributed by atoms with van der Waals surface area (Å²) in [5.41, 5.74) is 10.9. The van der Waals surface area contributed by atoms with Crippen LogP contribution in [0, 0.1) is 0 Å². The molecule has 0 atom stereocenters. The third kappa shape index (κ3) is 9.08. The Morgan fingerprint density at radius 2 is 1.71 bits per heavy atom. The summed E-state index contributed by atoms with van der Waals surface area (Å²) >= 11 is 0. The molecule has 3 rings (SSSR count). The van der Waals surface area contributed by atoms with Crippen molar-refractivity contribution in [3.63, 3.8) is 0 Å². The van der Waals surface area contributed by atoms with Crippen LogP contribution in [0.25, 0.3) is 22.2 Å². The van der Waals surface area contributed by atoms with Gasteiger partial charge in [-0.2, -0.15) is 8.78 Å². The summed E-state index contributed by atoms with van der Waals surface area (Å²) in [7, 11) is 2.90. The highest BCUT2D eigenvalue weighted by Gasteiger charge is 2.16. The average Bonchev–Trinajstić information content (AvgIpc) is 2.87. The van der Waals surface area contributed by atoms with Gasteiger partial charge in [0.15, 0.2) is 0 Å².